The number of amides is 1. The van der Waals surface area contributed by atoms with Crippen LogP contribution in [0, 0.1) is 0 Å². The smallest absolute Gasteiger partial charge is 0.278 e. The highest BCUT2D eigenvalue weighted by Gasteiger charge is 2.29. The molecule has 4 aromatic rings. The van der Waals surface area contributed by atoms with Crippen LogP contribution in [-0.2, 0) is 11.2 Å². The van der Waals surface area contributed by atoms with Crippen molar-refractivity contribution in [3.63, 3.8) is 0 Å². The van der Waals surface area contributed by atoms with Crippen molar-refractivity contribution in [1.29, 1.82) is 0 Å². The van der Waals surface area contributed by atoms with E-state index >= 15 is 0 Å². The zero-order chi connectivity index (χ0) is 22.1. The largest absolute Gasteiger partial charge is 0.355 e. The predicted octanol–water partition coefficient (Wildman–Crippen LogP) is 5.02. The van der Waals surface area contributed by atoms with Crippen LogP contribution in [0.25, 0.3) is 22.2 Å². The highest BCUT2D eigenvalue weighted by molar-refractivity contribution is 7.99. The molecule has 1 aliphatic carbocycles. The van der Waals surface area contributed by atoms with Gasteiger partial charge in [0.2, 0.25) is 5.91 Å². The number of hydrogen-bond donors (Lipinski definition) is 2. The standard InChI is InChI=1S/C25H24N4O2S/c1-2-16-7-6-10-18(13-16)27-21(30)15-32-25-28-22-20(17-8-4-3-5-9-17)14-26-23(22)24(31)29(25)19-11-12-19/h3-10,13-14,19,26H,2,11-12,15H2,1H3,(H,27,30). The van der Waals surface area contributed by atoms with Gasteiger partial charge < -0.3 is 10.3 Å². The summed E-state index contributed by atoms with van der Waals surface area (Å²) in [6.45, 7) is 2.08. The molecule has 162 valence electrons. The molecule has 7 heteroatoms. The first-order valence-corrected chi connectivity index (χ1v) is 11.8. The van der Waals surface area contributed by atoms with E-state index in [4.69, 9.17) is 4.98 Å². The molecule has 6 nitrogen and oxygen atoms in total. The Kier molecular flexibility index (Phi) is 5.57. The number of aromatic amines is 1. The fourth-order valence-corrected chi connectivity index (χ4v) is 4.70. The Bertz CT molecular complexity index is 1340. The molecule has 1 aliphatic rings. The minimum atomic E-state index is -0.114. The first-order valence-electron chi connectivity index (χ1n) is 10.8. The molecule has 5 rings (SSSR count). The van der Waals surface area contributed by atoms with Crippen molar-refractivity contribution in [1.82, 2.24) is 14.5 Å². The molecule has 0 bridgehead atoms. The van der Waals surface area contributed by atoms with E-state index in [0.29, 0.717) is 16.2 Å². The Balaban J connectivity index is 1.44. The van der Waals surface area contributed by atoms with E-state index in [-0.39, 0.29) is 23.3 Å². The van der Waals surface area contributed by atoms with Crippen molar-refractivity contribution in [3.8, 4) is 11.1 Å². The molecule has 0 aliphatic heterocycles. The van der Waals surface area contributed by atoms with Crippen LogP contribution in [0.3, 0.4) is 0 Å². The van der Waals surface area contributed by atoms with E-state index in [1.165, 1.54) is 17.3 Å². The molecule has 32 heavy (non-hydrogen) atoms. The third-order valence-electron chi connectivity index (χ3n) is 5.65. The van der Waals surface area contributed by atoms with Gasteiger partial charge in [0.1, 0.15) is 11.0 Å². The van der Waals surface area contributed by atoms with Crippen molar-refractivity contribution in [2.24, 2.45) is 0 Å². The normalized spacial score (nSPS) is 13.4. The number of thioether (sulfide) groups is 1. The van der Waals surface area contributed by atoms with Gasteiger partial charge in [-0.3, -0.25) is 14.2 Å². The Morgan fingerprint density at radius 1 is 1.19 bits per heavy atom. The molecule has 1 amide bonds. The van der Waals surface area contributed by atoms with E-state index in [1.807, 2.05) is 60.8 Å². The number of aromatic nitrogens is 3. The van der Waals surface area contributed by atoms with Crippen molar-refractivity contribution in [2.75, 3.05) is 11.1 Å². The van der Waals surface area contributed by atoms with Crippen molar-refractivity contribution < 1.29 is 4.79 Å². The molecule has 1 saturated carbocycles. The maximum Gasteiger partial charge on any atom is 0.278 e. The minimum absolute atomic E-state index is 0.0711. The lowest BCUT2D eigenvalue weighted by molar-refractivity contribution is -0.113. The van der Waals surface area contributed by atoms with Gasteiger partial charge in [0.15, 0.2) is 5.16 Å². The first kappa shape index (κ1) is 20.6. The van der Waals surface area contributed by atoms with Crippen molar-refractivity contribution in [3.05, 3.63) is 76.7 Å². The van der Waals surface area contributed by atoms with Gasteiger partial charge in [-0.15, -0.1) is 0 Å². The van der Waals surface area contributed by atoms with E-state index in [9.17, 15) is 9.59 Å². The van der Waals surface area contributed by atoms with Gasteiger partial charge in [0.05, 0.1) is 5.75 Å². The van der Waals surface area contributed by atoms with Gasteiger partial charge in [0, 0.05) is 23.5 Å². The summed E-state index contributed by atoms with van der Waals surface area (Å²) in [4.78, 5) is 33.9. The number of nitrogens with one attached hydrogen (secondary N) is 2. The summed E-state index contributed by atoms with van der Waals surface area (Å²) < 4.78 is 1.75. The topological polar surface area (TPSA) is 79.8 Å². The average molecular weight is 445 g/mol. The fourth-order valence-electron chi connectivity index (χ4n) is 3.84. The number of anilines is 1. The molecular formula is C25H24N4O2S. The summed E-state index contributed by atoms with van der Waals surface area (Å²) >= 11 is 1.31. The van der Waals surface area contributed by atoms with Gasteiger partial charge in [-0.25, -0.2) is 4.98 Å². The van der Waals surface area contributed by atoms with Crippen LogP contribution in [0.1, 0.15) is 31.4 Å². The summed E-state index contributed by atoms with van der Waals surface area (Å²) in [6, 6.07) is 17.9. The van der Waals surface area contributed by atoms with Gasteiger partial charge in [-0.1, -0.05) is 61.2 Å². The molecule has 0 spiro atoms. The number of H-pyrrole nitrogens is 1. The second kappa shape index (κ2) is 8.67. The fraction of sp³-hybridized carbons (Fsp3) is 0.240. The Morgan fingerprint density at radius 3 is 2.75 bits per heavy atom. The van der Waals surface area contributed by atoms with Crippen LogP contribution >= 0.6 is 11.8 Å². The second-order valence-corrected chi connectivity index (χ2v) is 8.93. The minimum Gasteiger partial charge on any atom is -0.355 e. The van der Waals surface area contributed by atoms with E-state index in [1.54, 1.807) is 4.57 Å². The summed E-state index contributed by atoms with van der Waals surface area (Å²) in [5, 5.41) is 3.55. The molecule has 2 aromatic carbocycles. The zero-order valence-electron chi connectivity index (χ0n) is 17.8. The Morgan fingerprint density at radius 2 is 2.00 bits per heavy atom. The highest BCUT2D eigenvalue weighted by atomic mass is 32.2. The number of benzene rings is 2. The zero-order valence-corrected chi connectivity index (χ0v) is 18.6. The van der Waals surface area contributed by atoms with Crippen LogP contribution in [-0.4, -0.2) is 26.2 Å². The molecule has 0 unspecified atom stereocenters. The lowest BCUT2D eigenvalue weighted by atomic mass is 10.1. The summed E-state index contributed by atoms with van der Waals surface area (Å²) in [7, 11) is 0. The average Bonchev–Trinajstić information content (AvgIpc) is 3.56. The first-order chi connectivity index (χ1) is 15.6. The number of carbonyl (C=O) groups excluding carboxylic acids is 1. The molecular weight excluding hydrogens is 420 g/mol. The van der Waals surface area contributed by atoms with Crippen LogP contribution < -0.4 is 10.9 Å². The van der Waals surface area contributed by atoms with Crippen LogP contribution in [0.5, 0.6) is 0 Å². The van der Waals surface area contributed by atoms with Gasteiger partial charge >= 0.3 is 0 Å². The van der Waals surface area contributed by atoms with E-state index < -0.39 is 0 Å². The number of nitrogens with zero attached hydrogens (tertiary/aromatic N) is 2. The molecule has 0 saturated heterocycles. The number of rotatable bonds is 7. The molecule has 1 fully saturated rings. The molecule has 2 N–H and O–H groups in total. The molecule has 2 heterocycles. The Hall–Kier alpha value is -3.32. The quantitative estimate of drug-likeness (QED) is 0.310. The van der Waals surface area contributed by atoms with Gasteiger partial charge in [-0.2, -0.15) is 0 Å². The third-order valence-corrected chi connectivity index (χ3v) is 6.60. The van der Waals surface area contributed by atoms with Crippen LogP contribution in [0.15, 0.2) is 70.7 Å². The number of carbonyl (C=O) groups is 1. The van der Waals surface area contributed by atoms with E-state index in [0.717, 1.165) is 36.1 Å². The summed E-state index contributed by atoms with van der Waals surface area (Å²) in [5.41, 5.74) is 4.94. The highest BCUT2D eigenvalue weighted by Crippen LogP contribution is 2.37. The molecule has 0 atom stereocenters. The summed E-state index contributed by atoms with van der Waals surface area (Å²) in [6.07, 6.45) is 4.68. The lowest BCUT2D eigenvalue weighted by Crippen LogP contribution is -2.23. The van der Waals surface area contributed by atoms with Crippen molar-refractivity contribution in [2.45, 2.75) is 37.4 Å². The SMILES string of the molecule is CCc1cccc(NC(=O)CSc2nc3c(-c4ccccc4)c[nH]c3c(=O)n2C2CC2)c1. The van der Waals surface area contributed by atoms with Crippen molar-refractivity contribution >= 4 is 34.4 Å². The van der Waals surface area contributed by atoms with Crippen LogP contribution in [0.4, 0.5) is 5.69 Å². The maximum atomic E-state index is 13.3. The number of fused-ring (bicyclic) bond motifs is 1. The second-order valence-electron chi connectivity index (χ2n) is 7.98. The monoisotopic (exact) mass is 444 g/mol. The van der Waals surface area contributed by atoms with Crippen LogP contribution in [0.2, 0.25) is 0 Å². The third kappa shape index (κ3) is 4.08. The number of hydrogen-bond acceptors (Lipinski definition) is 4. The lowest BCUT2D eigenvalue weighted by Gasteiger charge is -2.12. The summed E-state index contributed by atoms with van der Waals surface area (Å²) in [5.74, 6) is 0.0730. The molecule has 0 radical (unpaired) electrons. The number of aryl methyl sites for hydroxylation is 1. The maximum absolute atomic E-state index is 13.3. The van der Waals surface area contributed by atoms with Gasteiger partial charge in [0.25, 0.3) is 5.56 Å². The molecule has 2 aromatic heterocycles. The van der Waals surface area contributed by atoms with Gasteiger partial charge in [-0.05, 0) is 42.5 Å². The predicted molar refractivity (Wildman–Crippen MR) is 129 cm³/mol. The van der Waals surface area contributed by atoms with E-state index in [2.05, 4.69) is 17.2 Å². The Labute approximate surface area is 190 Å².